The summed E-state index contributed by atoms with van der Waals surface area (Å²) in [6.07, 6.45) is 7.10. The Morgan fingerprint density at radius 1 is 1.44 bits per heavy atom. The fourth-order valence-electron chi connectivity index (χ4n) is 2.31. The van der Waals surface area contributed by atoms with E-state index in [2.05, 4.69) is 6.92 Å². The van der Waals surface area contributed by atoms with Gasteiger partial charge in [0.15, 0.2) is 0 Å². The highest BCUT2D eigenvalue weighted by atomic mass is 16.5. The first kappa shape index (κ1) is 13.5. The van der Waals surface area contributed by atoms with Crippen LogP contribution >= 0.6 is 0 Å². The second-order valence-electron chi connectivity index (χ2n) is 4.93. The molecule has 94 valence electrons. The Labute approximate surface area is 98.7 Å². The van der Waals surface area contributed by atoms with E-state index in [1.807, 2.05) is 6.92 Å². The van der Waals surface area contributed by atoms with Crippen LogP contribution in [0.1, 0.15) is 58.8 Å². The molecule has 3 nitrogen and oxygen atoms in total. The summed E-state index contributed by atoms with van der Waals surface area (Å²) in [5, 5.41) is 0. The fourth-order valence-corrected chi connectivity index (χ4v) is 2.31. The van der Waals surface area contributed by atoms with Crippen molar-refractivity contribution in [1.29, 1.82) is 0 Å². The Hall–Kier alpha value is -0.570. The molecule has 0 aromatic heterocycles. The lowest BCUT2D eigenvalue weighted by molar-refractivity contribution is -0.151. The van der Waals surface area contributed by atoms with Crippen LogP contribution in [0.15, 0.2) is 0 Å². The molecule has 0 aromatic rings. The van der Waals surface area contributed by atoms with Gasteiger partial charge in [-0.05, 0) is 31.6 Å². The maximum Gasteiger partial charge on any atom is 0.307 e. The third-order valence-corrected chi connectivity index (χ3v) is 3.56. The first-order valence-electron chi connectivity index (χ1n) is 6.60. The van der Waals surface area contributed by atoms with Gasteiger partial charge in [0.25, 0.3) is 0 Å². The molecule has 1 aliphatic carbocycles. The quantitative estimate of drug-likeness (QED) is 0.735. The summed E-state index contributed by atoms with van der Waals surface area (Å²) in [5.41, 5.74) is 5.73. The molecule has 0 saturated heterocycles. The van der Waals surface area contributed by atoms with Crippen molar-refractivity contribution in [1.82, 2.24) is 0 Å². The Bertz CT molecular complexity index is 218. The largest absolute Gasteiger partial charge is 0.462 e. The van der Waals surface area contributed by atoms with Crippen LogP contribution in [-0.2, 0) is 9.53 Å². The molecule has 3 heteroatoms. The van der Waals surface area contributed by atoms with E-state index < -0.39 is 0 Å². The van der Waals surface area contributed by atoms with Crippen LogP contribution in [0, 0.1) is 5.92 Å². The van der Waals surface area contributed by atoms with E-state index in [0.717, 1.165) is 25.2 Å². The predicted octanol–water partition coefficient (Wildman–Crippen LogP) is 2.63. The van der Waals surface area contributed by atoms with Gasteiger partial charge in [-0.2, -0.15) is 0 Å². The zero-order chi connectivity index (χ0) is 12.0. The first-order chi connectivity index (χ1) is 7.65. The highest BCUT2D eigenvalue weighted by Gasteiger charge is 2.24. The summed E-state index contributed by atoms with van der Waals surface area (Å²) in [4.78, 5) is 11.6. The lowest BCUT2D eigenvalue weighted by Gasteiger charge is -2.28. The highest BCUT2D eigenvalue weighted by molar-refractivity contribution is 5.70. The summed E-state index contributed by atoms with van der Waals surface area (Å²) >= 11 is 0. The van der Waals surface area contributed by atoms with Crippen LogP contribution in [0.4, 0.5) is 0 Å². The minimum atomic E-state index is -0.115. The fraction of sp³-hybridized carbons (Fsp3) is 0.923. The smallest absolute Gasteiger partial charge is 0.307 e. The molecule has 0 spiro atoms. The molecule has 1 rings (SSSR count). The molecule has 0 aliphatic heterocycles. The van der Waals surface area contributed by atoms with Gasteiger partial charge < -0.3 is 10.5 Å². The first-order valence-corrected chi connectivity index (χ1v) is 6.60. The Morgan fingerprint density at radius 2 is 2.19 bits per heavy atom. The van der Waals surface area contributed by atoms with Gasteiger partial charge in [-0.25, -0.2) is 0 Å². The highest BCUT2D eigenvalue weighted by Crippen LogP contribution is 2.28. The lowest BCUT2D eigenvalue weighted by atomic mass is 9.85. The molecule has 3 unspecified atom stereocenters. The lowest BCUT2D eigenvalue weighted by Crippen LogP contribution is -2.29. The van der Waals surface area contributed by atoms with Crippen molar-refractivity contribution in [2.24, 2.45) is 11.7 Å². The van der Waals surface area contributed by atoms with E-state index in [1.54, 1.807) is 0 Å². The van der Waals surface area contributed by atoms with Gasteiger partial charge in [0.1, 0.15) is 6.10 Å². The maximum absolute atomic E-state index is 11.6. The van der Waals surface area contributed by atoms with Crippen molar-refractivity contribution in [2.45, 2.75) is 70.9 Å². The Morgan fingerprint density at radius 3 is 2.81 bits per heavy atom. The molecule has 1 fully saturated rings. The molecule has 0 heterocycles. The summed E-state index contributed by atoms with van der Waals surface area (Å²) in [6, 6.07) is -0.0435. The van der Waals surface area contributed by atoms with Crippen LogP contribution in [0.5, 0.6) is 0 Å². The zero-order valence-corrected chi connectivity index (χ0v) is 10.6. The van der Waals surface area contributed by atoms with Gasteiger partial charge in [0.2, 0.25) is 0 Å². The Kier molecular flexibility index (Phi) is 5.81. The number of hydrogen-bond acceptors (Lipinski definition) is 3. The number of nitrogens with two attached hydrogens (primary N) is 1. The molecule has 3 atom stereocenters. The van der Waals surface area contributed by atoms with Gasteiger partial charge in [-0.3, -0.25) is 4.79 Å². The normalized spacial score (nSPS) is 27.4. The monoisotopic (exact) mass is 227 g/mol. The van der Waals surface area contributed by atoms with Crippen LogP contribution in [0.2, 0.25) is 0 Å². The molecule has 0 aromatic carbocycles. The van der Waals surface area contributed by atoms with Crippen molar-refractivity contribution < 1.29 is 9.53 Å². The molecule has 1 saturated carbocycles. The number of esters is 1. The SMILES string of the molecule is CCC(N)CC(=O)OC1CCCC(CC)C1. The third-order valence-electron chi connectivity index (χ3n) is 3.56. The van der Waals surface area contributed by atoms with Crippen LogP contribution in [0.3, 0.4) is 0 Å². The molecule has 0 radical (unpaired) electrons. The van der Waals surface area contributed by atoms with Crippen LogP contribution < -0.4 is 5.73 Å². The minimum absolute atomic E-state index is 0.0435. The van der Waals surface area contributed by atoms with Gasteiger partial charge in [-0.1, -0.05) is 26.7 Å². The van der Waals surface area contributed by atoms with E-state index in [4.69, 9.17) is 10.5 Å². The van der Waals surface area contributed by atoms with E-state index in [9.17, 15) is 4.79 Å². The predicted molar refractivity (Wildman–Crippen MR) is 65.0 cm³/mol. The number of hydrogen-bond donors (Lipinski definition) is 1. The number of carbonyl (C=O) groups is 1. The number of carbonyl (C=O) groups excluding carboxylic acids is 1. The second kappa shape index (κ2) is 6.89. The molecule has 16 heavy (non-hydrogen) atoms. The number of ether oxygens (including phenoxy) is 1. The van der Waals surface area contributed by atoms with Crippen molar-refractivity contribution in [3.05, 3.63) is 0 Å². The van der Waals surface area contributed by atoms with E-state index in [0.29, 0.717) is 6.42 Å². The molecular formula is C13H25NO2. The standard InChI is InChI=1S/C13H25NO2/c1-3-10-6-5-7-12(8-10)16-13(15)9-11(14)4-2/h10-12H,3-9,14H2,1-2H3. The van der Waals surface area contributed by atoms with Gasteiger partial charge in [0, 0.05) is 6.04 Å². The summed E-state index contributed by atoms with van der Waals surface area (Å²) in [6.45, 7) is 4.20. The van der Waals surface area contributed by atoms with Gasteiger partial charge in [-0.15, -0.1) is 0 Å². The van der Waals surface area contributed by atoms with Gasteiger partial charge in [0.05, 0.1) is 6.42 Å². The van der Waals surface area contributed by atoms with Gasteiger partial charge >= 0.3 is 5.97 Å². The van der Waals surface area contributed by atoms with Crippen LogP contribution in [0.25, 0.3) is 0 Å². The molecule has 0 bridgehead atoms. The van der Waals surface area contributed by atoms with Crippen molar-refractivity contribution >= 4 is 5.97 Å². The summed E-state index contributed by atoms with van der Waals surface area (Å²) < 4.78 is 5.48. The molecule has 2 N–H and O–H groups in total. The van der Waals surface area contributed by atoms with E-state index >= 15 is 0 Å². The zero-order valence-electron chi connectivity index (χ0n) is 10.6. The van der Waals surface area contributed by atoms with Crippen molar-refractivity contribution in [3.8, 4) is 0 Å². The number of rotatable bonds is 5. The average molecular weight is 227 g/mol. The van der Waals surface area contributed by atoms with E-state index in [-0.39, 0.29) is 18.1 Å². The van der Waals surface area contributed by atoms with Crippen LogP contribution in [-0.4, -0.2) is 18.1 Å². The van der Waals surface area contributed by atoms with Crippen molar-refractivity contribution in [2.75, 3.05) is 0 Å². The summed E-state index contributed by atoms with van der Waals surface area (Å²) in [5.74, 6) is 0.627. The Balaban J connectivity index is 2.27. The average Bonchev–Trinajstić information content (AvgIpc) is 2.28. The van der Waals surface area contributed by atoms with E-state index in [1.165, 1.54) is 19.3 Å². The summed E-state index contributed by atoms with van der Waals surface area (Å²) in [7, 11) is 0. The maximum atomic E-state index is 11.6. The second-order valence-corrected chi connectivity index (χ2v) is 4.93. The molecular weight excluding hydrogens is 202 g/mol. The third kappa shape index (κ3) is 4.52. The topological polar surface area (TPSA) is 52.3 Å². The molecule has 1 aliphatic rings. The minimum Gasteiger partial charge on any atom is -0.462 e. The molecule has 0 amide bonds. The van der Waals surface area contributed by atoms with Crippen molar-refractivity contribution in [3.63, 3.8) is 0 Å².